The maximum absolute atomic E-state index is 13.0. The minimum absolute atomic E-state index is 0.0166. The fraction of sp³-hybridized carbons (Fsp3) is 0.681. The second-order valence-electron chi connectivity index (χ2n) is 16.1. The van der Waals surface area contributed by atoms with Crippen LogP contribution in [-0.2, 0) is 46.6 Å². The van der Waals surface area contributed by atoms with Gasteiger partial charge in [0.2, 0.25) is 0 Å². The molecule has 17 nitrogen and oxygen atoms in total. The largest absolute Gasteiger partial charge is 0.472 e. The number of unbranched alkanes of at least 4 members (excludes halogenated alkanes) is 11. The van der Waals surface area contributed by atoms with Gasteiger partial charge in [-0.05, 0) is 76.7 Å². The quantitative estimate of drug-likeness (QED) is 0.00770. The van der Waals surface area contributed by atoms with E-state index in [0.717, 1.165) is 96.3 Å². The summed E-state index contributed by atoms with van der Waals surface area (Å²) < 4.78 is 49.3. The minimum atomic E-state index is -5.38. The van der Waals surface area contributed by atoms with Crippen molar-refractivity contribution in [1.29, 1.82) is 0 Å². The van der Waals surface area contributed by atoms with Gasteiger partial charge in [0.25, 0.3) is 0 Å². The number of phosphoric acid groups is 2. The fourth-order valence-electron chi connectivity index (χ4n) is 6.58. The highest BCUT2D eigenvalue weighted by Gasteiger charge is 2.54. The maximum Gasteiger partial charge on any atom is 0.472 e. The van der Waals surface area contributed by atoms with Crippen molar-refractivity contribution in [3.05, 3.63) is 72.9 Å². The molecule has 0 spiro atoms. The third-order valence-corrected chi connectivity index (χ3v) is 11.7. The van der Waals surface area contributed by atoms with Gasteiger partial charge in [0, 0.05) is 19.3 Å². The van der Waals surface area contributed by atoms with E-state index in [4.69, 9.17) is 28.3 Å². The van der Waals surface area contributed by atoms with E-state index in [1.54, 1.807) is 12.2 Å². The first-order chi connectivity index (χ1) is 31.5. The molecule has 0 saturated heterocycles. The summed E-state index contributed by atoms with van der Waals surface area (Å²) in [6, 6.07) is 0. The van der Waals surface area contributed by atoms with Gasteiger partial charge < -0.3 is 44.6 Å². The number of allylic oxidation sites excluding steroid dienone is 12. The van der Waals surface area contributed by atoms with Crippen LogP contribution in [0.1, 0.15) is 149 Å². The number of carbonyl (C=O) groups is 3. The van der Waals surface area contributed by atoms with E-state index in [9.17, 15) is 48.8 Å². The van der Waals surface area contributed by atoms with E-state index >= 15 is 0 Å². The van der Waals surface area contributed by atoms with Crippen LogP contribution >= 0.6 is 15.6 Å². The average Bonchev–Trinajstić information content (AvgIpc) is 3.26. The Hall–Kier alpha value is -2.89. The molecule has 0 aliphatic heterocycles. The summed E-state index contributed by atoms with van der Waals surface area (Å²) >= 11 is 0. The van der Waals surface area contributed by atoms with Gasteiger partial charge >= 0.3 is 27.6 Å². The molecule has 0 amide bonds. The Labute approximate surface area is 391 Å². The van der Waals surface area contributed by atoms with E-state index in [1.807, 2.05) is 12.2 Å². The second kappa shape index (κ2) is 37.1. The lowest BCUT2D eigenvalue weighted by molar-refractivity contribution is -0.216. The zero-order chi connectivity index (χ0) is 49.1. The van der Waals surface area contributed by atoms with E-state index in [0.29, 0.717) is 25.7 Å². The molecule has 1 saturated carbocycles. The van der Waals surface area contributed by atoms with Crippen molar-refractivity contribution in [2.75, 3.05) is 13.2 Å². The van der Waals surface area contributed by atoms with Crippen LogP contribution < -0.4 is 0 Å². The van der Waals surface area contributed by atoms with Gasteiger partial charge in [0.15, 0.2) is 11.9 Å². The first-order valence-corrected chi connectivity index (χ1v) is 26.5. The summed E-state index contributed by atoms with van der Waals surface area (Å²) in [5, 5.41) is 41.2. The van der Waals surface area contributed by atoms with Crippen LogP contribution in [0.3, 0.4) is 0 Å². The number of aliphatic hydroxyl groups excluding tert-OH is 4. The number of ketones is 1. The second-order valence-corrected chi connectivity index (χ2v) is 18.7. The highest BCUT2D eigenvalue weighted by atomic mass is 31.2. The zero-order valence-corrected chi connectivity index (χ0v) is 40.6. The van der Waals surface area contributed by atoms with Crippen molar-refractivity contribution in [1.82, 2.24) is 0 Å². The van der Waals surface area contributed by atoms with Crippen molar-refractivity contribution >= 4 is 33.4 Å². The summed E-state index contributed by atoms with van der Waals surface area (Å²) in [5.74, 6) is -1.18. The normalized spacial score (nSPS) is 22.1. The van der Waals surface area contributed by atoms with Crippen LogP contribution in [-0.4, -0.2) is 109 Å². The van der Waals surface area contributed by atoms with Gasteiger partial charge in [-0.2, -0.15) is 0 Å². The summed E-state index contributed by atoms with van der Waals surface area (Å²) in [4.78, 5) is 66.1. The van der Waals surface area contributed by atoms with Gasteiger partial charge in [-0.1, -0.05) is 126 Å². The van der Waals surface area contributed by atoms with Crippen molar-refractivity contribution in [2.24, 2.45) is 0 Å². The van der Waals surface area contributed by atoms with E-state index < -0.39 is 83.5 Å². The molecular formula is C47H78O17P2. The predicted molar refractivity (Wildman–Crippen MR) is 251 cm³/mol. The van der Waals surface area contributed by atoms with Gasteiger partial charge in [-0.15, -0.1) is 0 Å². The number of hydrogen-bond donors (Lipinski definition) is 7. The molecule has 378 valence electrons. The Bertz CT molecular complexity index is 1620. The maximum atomic E-state index is 13.0. The molecule has 0 aromatic carbocycles. The number of rotatable bonds is 38. The topological polar surface area (TPSA) is 273 Å². The predicted octanol–water partition coefficient (Wildman–Crippen LogP) is 8.02. The standard InChI is InChI=1S/C47H78O17P2/c1-3-5-7-8-9-10-11-12-13-14-15-16-17-20-23-26-30-34-40(49)60-36-39(62-41(50)35-31-27-24-21-18-19-22-25-29-33-38(48)32-28-6-4-2)37-61-66(58,59)64-47-44(53)42(51)43(52)46(45(47)54)63-65(55,56)57/h5,7,9-10,12-13,15-16,22,25,29,33,39,42-47,51-54H,3-4,6,8,11,14,17-21,23-24,26-28,30-32,34-37H2,1-2H3,(H,58,59)(H2,55,56,57)/b7-5-,10-9-,13-12-,16-15-,25-22-,33-29+/t39-,42?,43?,44?,45?,46-,47+/m1/s1. The molecule has 0 bridgehead atoms. The molecule has 5 unspecified atom stereocenters. The third-order valence-electron chi connectivity index (χ3n) is 10.2. The summed E-state index contributed by atoms with van der Waals surface area (Å²) in [7, 11) is -10.7. The Morgan fingerprint density at radius 2 is 1.06 bits per heavy atom. The van der Waals surface area contributed by atoms with Crippen molar-refractivity contribution in [3.63, 3.8) is 0 Å². The number of esters is 2. The van der Waals surface area contributed by atoms with Gasteiger partial charge in [-0.3, -0.25) is 28.0 Å². The number of phosphoric ester groups is 2. The fourth-order valence-corrected chi connectivity index (χ4v) is 8.12. The van der Waals surface area contributed by atoms with Crippen molar-refractivity contribution < 1.29 is 81.7 Å². The molecule has 19 heteroatoms. The van der Waals surface area contributed by atoms with Crippen LogP contribution in [0.15, 0.2) is 72.9 Å². The third kappa shape index (κ3) is 31.2. The molecule has 66 heavy (non-hydrogen) atoms. The van der Waals surface area contributed by atoms with Crippen molar-refractivity contribution in [2.45, 2.75) is 191 Å². The van der Waals surface area contributed by atoms with E-state index in [1.165, 1.54) is 0 Å². The molecule has 1 rings (SSSR count). The molecule has 0 radical (unpaired) electrons. The number of aliphatic hydroxyl groups is 4. The van der Waals surface area contributed by atoms with Crippen LogP contribution in [0.5, 0.6) is 0 Å². The lowest BCUT2D eigenvalue weighted by atomic mass is 9.85. The molecule has 0 aromatic heterocycles. The average molecular weight is 977 g/mol. The Balaban J connectivity index is 2.64. The lowest BCUT2D eigenvalue weighted by Gasteiger charge is -2.43. The summed E-state index contributed by atoms with van der Waals surface area (Å²) in [5.41, 5.74) is 0. The molecule has 0 aromatic rings. The van der Waals surface area contributed by atoms with Crippen LogP contribution in [0.2, 0.25) is 0 Å². The smallest absolute Gasteiger partial charge is 0.462 e. The highest BCUT2D eigenvalue weighted by molar-refractivity contribution is 7.47. The van der Waals surface area contributed by atoms with Crippen molar-refractivity contribution in [3.8, 4) is 0 Å². The molecule has 0 heterocycles. The first-order valence-electron chi connectivity index (χ1n) is 23.4. The number of carbonyl (C=O) groups excluding carboxylic acids is 3. The lowest BCUT2D eigenvalue weighted by Crippen LogP contribution is -2.64. The van der Waals surface area contributed by atoms with Gasteiger partial charge in [-0.25, -0.2) is 9.13 Å². The zero-order valence-electron chi connectivity index (χ0n) is 38.8. The Morgan fingerprint density at radius 1 is 0.545 bits per heavy atom. The molecule has 1 fully saturated rings. The van der Waals surface area contributed by atoms with E-state index in [-0.39, 0.29) is 18.6 Å². The number of hydrogen-bond acceptors (Lipinski definition) is 14. The molecule has 1 aliphatic carbocycles. The van der Waals surface area contributed by atoms with E-state index in [2.05, 4.69) is 67.0 Å². The van der Waals surface area contributed by atoms with Crippen LogP contribution in [0.25, 0.3) is 0 Å². The molecule has 8 atom stereocenters. The van der Waals surface area contributed by atoms with Gasteiger partial charge in [0.1, 0.15) is 43.2 Å². The molecular weight excluding hydrogens is 898 g/mol. The Kier molecular flexibility index (Phi) is 34.3. The highest BCUT2D eigenvalue weighted by Crippen LogP contribution is 2.49. The molecule has 7 N–H and O–H groups in total. The SMILES string of the molecule is CC/C=C\C/C=C\C/C=C\C/C=C\CCCCCCC(=O)OC[C@H](COP(=O)(O)O[C@H]1C(O)C(O)C(O)[C@@H](OP(=O)(O)O)C1O)OC(=O)CCCCCCC/C=C\C=C\C(=O)CCCCC. The summed E-state index contributed by atoms with van der Waals surface area (Å²) in [6.07, 6.45) is 25.5. The summed E-state index contributed by atoms with van der Waals surface area (Å²) in [6.45, 7) is 2.78. The first kappa shape index (κ1) is 61.1. The monoisotopic (exact) mass is 976 g/mol. The van der Waals surface area contributed by atoms with Crippen LogP contribution in [0.4, 0.5) is 0 Å². The minimum Gasteiger partial charge on any atom is -0.462 e. The van der Waals surface area contributed by atoms with Gasteiger partial charge in [0.05, 0.1) is 6.61 Å². The number of ether oxygens (including phenoxy) is 2. The van der Waals surface area contributed by atoms with Crippen LogP contribution in [0, 0.1) is 0 Å². The Morgan fingerprint density at radius 3 is 1.65 bits per heavy atom. The molecule has 1 aliphatic rings.